The molecule has 49 heavy (non-hydrogen) atoms. The summed E-state index contributed by atoms with van der Waals surface area (Å²) < 4.78 is 0. The Morgan fingerprint density at radius 2 is 0.694 bits per heavy atom. The molecule has 22 N–H and O–H groups in total. The van der Waals surface area contributed by atoms with Crippen LogP contribution in [0.3, 0.4) is 0 Å². The number of aliphatic carboxylic acids is 3. The molecule has 25 nitrogen and oxygen atoms in total. The molecule has 12 atom stereocenters. The Morgan fingerprint density at radius 1 is 0.490 bits per heavy atom. The van der Waals surface area contributed by atoms with Gasteiger partial charge in [-0.25, -0.2) is 4.79 Å². The lowest BCUT2D eigenvalue weighted by atomic mass is 9.96. The highest BCUT2D eigenvalue weighted by Gasteiger charge is 2.41. The minimum Gasteiger partial charge on any atom is -0.481 e. The van der Waals surface area contributed by atoms with Crippen LogP contribution in [0.25, 0.3) is 0 Å². The van der Waals surface area contributed by atoms with Crippen LogP contribution in [0, 0.1) is 0 Å². The first-order valence-corrected chi connectivity index (χ1v) is 13.4. The fourth-order valence-electron chi connectivity index (χ4n) is 2.65. The van der Waals surface area contributed by atoms with E-state index in [2.05, 4.69) is 0 Å². The number of carboxylic acids is 3. The molecule has 0 spiro atoms. The van der Waals surface area contributed by atoms with Gasteiger partial charge in [0.25, 0.3) is 0 Å². The molecule has 0 aromatic rings. The van der Waals surface area contributed by atoms with E-state index in [4.69, 9.17) is 98.9 Å². The first-order chi connectivity index (χ1) is 22.4. The van der Waals surface area contributed by atoms with Crippen LogP contribution in [-0.4, -0.2) is 217 Å². The van der Waals surface area contributed by atoms with Gasteiger partial charge in [0.05, 0.1) is 50.8 Å². The molecule has 25 heteroatoms. The van der Waals surface area contributed by atoms with Crippen molar-refractivity contribution in [3.05, 3.63) is 0 Å². The third-order valence-electron chi connectivity index (χ3n) is 5.73. The summed E-state index contributed by atoms with van der Waals surface area (Å²) in [6.45, 7) is -2.11. The van der Waals surface area contributed by atoms with Crippen LogP contribution in [0.2, 0.25) is 0 Å². The molecule has 0 bridgehead atoms. The maximum absolute atomic E-state index is 10.3. The van der Waals surface area contributed by atoms with Gasteiger partial charge >= 0.3 is 17.9 Å². The molecular formula is C24H47N3O22. The quantitative estimate of drug-likeness (QED) is 0.0517. The van der Waals surface area contributed by atoms with Crippen molar-refractivity contribution in [3.8, 4) is 0 Å². The van der Waals surface area contributed by atoms with Crippen molar-refractivity contribution in [2.75, 3.05) is 19.8 Å². The molecule has 0 saturated carbocycles. The van der Waals surface area contributed by atoms with E-state index in [9.17, 15) is 28.8 Å². The molecule has 0 amide bonds. The topological polar surface area (TPSA) is 504 Å². The van der Waals surface area contributed by atoms with Crippen LogP contribution in [0.4, 0.5) is 0 Å². The average molecular weight is 730 g/mol. The largest absolute Gasteiger partial charge is 0.481 e. The molecule has 0 heterocycles. The Labute approximate surface area is 276 Å². The van der Waals surface area contributed by atoms with Gasteiger partial charge in [-0.05, 0) is 0 Å². The number of hydrogen-bond acceptors (Lipinski definition) is 22. The molecule has 0 fully saturated rings. The van der Waals surface area contributed by atoms with Gasteiger partial charge in [-0.3, -0.25) is 9.59 Å². The highest BCUT2D eigenvalue weighted by Crippen LogP contribution is 2.15. The zero-order valence-corrected chi connectivity index (χ0v) is 25.5. The van der Waals surface area contributed by atoms with Gasteiger partial charge in [0.1, 0.15) is 73.8 Å². The van der Waals surface area contributed by atoms with Gasteiger partial charge in [0.2, 0.25) is 0 Å². The number of aliphatic hydroxyl groups excluding tert-OH is 12. The number of aliphatic hydroxyl groups is 13. The normalized spacial score (nSPS) is 18.4. The van der Waals surface area contributed by atoms with Crippen LogP contribution in [0.1, 0.15) is 12.8 Å². The summed E-state index contributed by atoms with van der Waals surface area (Å²) >= 11 is 0. The van der Waals surface area contributed by atoms with Crippen molar-refractivity contribution in [2.45, 2.75) is 91.5 Å². The molecule has 0 aromatic heterocycles. The van der Waals surface area contributed by atoms with Gasteiger partial charge in [-0.15, -0.1) is 0 Å². The highest BCUT2D eigenvalue weighted by molar-refractivity contribution is 5.88. The minimum absolute atomic E-state index is 0.248. The number of hydrogen-bond donors (Lipinski definition) is 19. The Kier molecular flexibility index (Phi) is 29.6. The fraction of sp³-hybridized carbons (Fsp3) is 0.750. The lowest BCUT2D eigenvalue weighted by Crippen LogP contribution is -2.49. The molecule has 290 valence electrons. The smallest absolute Gasteiger partial charge is 0.336 e. The third-order valence-corrected chi connectivity index (χ3v) is 5.73. The molecule has 0 aromatic carbocycles. The fourth-order valence-corrected chi connectivity index (χ4v) is 2.65. The molecule has 0 radical (unpaired) electrons. The van der Waals surface area contributed by atoms with Gasteiger partial charge < -0.3 is 113 Å². The molecule has 0 saturated heterocycles. The van der Waals surface area contributed by atoms with Gasteiger partial charge in [0.15, 0.2) is 5.60 Å². The number of carboxylic acid groups (broad SMARTS) is 3. The second-order valence-electron chi connectivity index (χ2n) is 9.81. The zero-order valence-electron chi connectivity index (χ0n) is 25.5. The van der Waals surface area contributed by atoms with Crippen molar-refractivity contribution in [1.29, 1.82) is 0 Å². The number of nitrogens with two attached hydrogens (primary N) is 3. The van der Waals surface area contributed by atoms with Gasteiger partial charge in [0, 0.05) is 0 Å². The van der Waals surface area contributed by atoms with E-state index < -0.39 is 129 Å². The lowest BCUT2D eigenvalue weighted by Gasteiger charge is -2.23. The van der Waals surface area contributed by atoms with Crippen LogP contribution >= 0.6 is 0 Å². The van der Waals surface area contributed by atoms with E-state index >= 15 is 0 Å². The Bertz CT molecular complexity index is 869. The van der Waals surface area contributed by atoms with Crippen LogP contribution in [0.5, 0.6) is 0 Å². The summed E-state index contributed by atoms with van der Waals surface area (Å²) in [5.74, 6) is -5.02. The predicted molar refractivity (Wildman–Crippen MR) is 155 cm³/mol. The Hall–Kier alpha value is -3.22. The van der Waals surface area contributed by atoms with Crippen LogP contribution in [0.15, 0.2) is 0 Å². The molecule has 0 unspecified atom stereocenters. The summed E-state index contributed by atoms with van der Waals surface area (Å²) in [5, 5.41) is 139. The second-order valence-corrected chi connectivity index (χ2v) is 9.81. The number of carbonyl (C=O) groups excluding carboxylic acids is 3. The standard InChI is InChI=1S/3C6H13NO5.C6H8O7/c3*7-3(1-8)5(11)6(12)4(10)2-9;7-3(8)1-6(13,5(11)12)2-4(9)10/h3*1,3-6,9-12H,2,7H2;13H,1-2H2,(H,7,8)(H,9,10)(H,11,12)/t3*3-,4+,5+,6+;/m000./s1. The summed E-state index contributed by atoms with van der Waals surface area (Å²) in [6.07, 6.45) is -15.6. The summed E-state index contributed by atoms with van der Waals surface area (Å²) in [7, 11) is 0. The maximum atomic E-state index is 10.3. The highest BCUT2D eigenvalue weighted by atomic mass is 16.4. The summed E-state index contributed by atoms with van der Waals surface area (Å²) in [4.78, 5) is 60.5. The van der Waals surface area contributed by atoms with Crippen molar-refractivity contribution >= 4 is 36.8 Å². The number of carbonyl (C=O) groups is 6. The lowest BCUT2D eigenvalue weighted by molar-refractivity contribution is -0.170. The van der Waals surface area contributed by atoms with Gasteiger partial charge in [-0.1, -0.05) is 0 Å². The Morgan fingerprint density at radius 3 is 0.816 bits per heavy atom. The first-order valence-electron chi connectivity index (χ1n) is 13.4. The molecular weight excluding hydrogens is 682 g/mol. The summed E-state index contributed by atoms with van der Waals surface area (Å²) in [6, 6.07) is -3.79. The van der Waals surface area contributed by atoms with Gasteiger partial charge in [-0.2, -0.15) is 0 Å². The van der Waals surface area contributed by atoms with Crippen molar-refractivity contribution < 1.29 is 110 Å². The molecule has 0 aliphatic heterocycles. The van der Waals surface area contributed by atoms with E-state index in [1.165, 1.54) is 0 Å². The SMILES string of the molecule is N[C@@H](C=O)[C@@H](O)[C@H](O)[C@H](O)CO.N[C@@H](C=O)[C@@H](O)[C@H](O)[C@H](O)CO.N[C@@H](C=O)[C@@H](O)[C@H](O)[C@H](O)CO.O=C(O)CC(O)(CC(=O)O)C(=O)O. The van der Waals surface area contributed by atoms with E-state index in [1.54, 1.807) is 0 Å². The minimum atomic E-state index is -2.74. The van der Waals surface area contributed by atoms with Crippen molar-refractivity contribution in [2.24, 2.45) is 17.2 Å². The van der Waals surface area contributed by atoms with Crippen molar-refractivity contribution in [3.63, 3.8) is 0 Å². The molecule has 0 aliphatic carbocycles. The van der Waals surface area contributed by atoms with E-state index in [1.807, 2.05) is 0 Å². The van der Waals surface area contributed by atoms with Crippen molar-refractivity contribution in [1.82, 2.24) is 0 Å². The monoisotopic (exact) mass is 729 g/mol. The molecule has 0 rings (SSSR count). The maximum Gasteiger partial charge on any atom is 0.336 e. The Balaban J connectivity index is -0.000000276. The second kappa shape index (κ2) is 27.6. The third kappa shape index (κ3) is 22.2. The number of rotatable bonds is 20. The van der Waals surface area contributed by atoms with Crippen LogP contribution < -0.4 is 17.2 Å². The molecule has 0 aliphatic rings. The van der Waals surface area contributed by atoms with E-state index in [0.29, 0.717) is 0 Å². The van der Waals surface area contributed by atoms with Crippen LogP contribution in [-0.2, 0) is 28.8 Å². The predicted octanol–water partition coefficient (Wildman–Crippen LogP) is -11.5. The number of aldehydes is 3. The zero-order chi connectivity index (χ0) is 39.8. The van der Waals surface area contributed by atoms with E-state index in [-0.39, 0.29) is 18.9 Å². The first kappa shape index (κ1) is 52.6. The average Bonchev–Trinajstić information content (AvgIpc) is 3.07. The summed E-state index contributed by atoms with van der Waals surface area (Å²) in [5.41, 5.74) is 12.4. The van der Waals surface area contributed by atoms with E-state index in [0.717, 1.165) is 0 Å².